The van der Waals surface area contributed by atoms with Crippen molar-refractivity contribution in [3.05, 3.63) is 93.8 Å². The van der Waals surface area contributed by atoms with E-state index in [9.17, 15) is 9.59 Å². The molecule has 0 aliphatic rings. The second-order valence-corrected chi connectivity index (χ2v) is 8.03. The van der Waals surface area contributed by atoms with Crippen LogP contribution in [0.4, 0.5) is 0 Å². The van der Waals surface area contributed by atoms with Gasteiger partial charge in [0, 0.05) is 21.2 Å². The van der Waals surface area contributed by atoms with Crippen LogP contribution < -0.4 is 14.9 Å². The van der Waals surface area contributed by atoms with Crippen molar-refractivity contribution in [2.24, 2.45) is 5.10 Å². The fourth-order valence-electron chi connectivity index (χ4n) is 2.94. The summed E-state index contributed by atoms with van der Waals surface area (Å²) in [6.07, 6.45) is 1.41. The Hall–Kier alpha value is -3.68. The Bertz CT molecular complexity index is 1320. The minimum Gasteiger partial charge on any atom is -0.497 e. The van der Waals surface area contributed by atoms with Crippen LogP contribution in [0.15, 0.2) is 77.9 Å². The van der Waals surface area contributed by atoms with E-state index in [1.807, 2.05) is 24.3 Å². The number of halogens is 1. The summed E-state index contributed by atoms with van der Waals surface area (Å²) >= 11 is 7.65. The Balaban J connectivity index is 1.48. The van der Waals surface area contributed by atoms with Gasteiger partial charge in [0.15, 0.2) is 0 Å². The molecule has 3 aromatic carbocycles. The van der Waals surface area contributed by atoms with Gasteiger partial charge in [-0.1, -0.05) is 41.9 Å². The summed E-state index contributed by atoms with van der Waals surface area (Å²) in [7, 11) is 1.55. The molecule has 1 amide bonds. The summed E-state index contributed by atoms with van der Waals surface area (Å²) in [6, 6.07) is 21.0. The number of carbonyl (C=O) groups excluding carboxylic acids is 2. The zero-order chi connectivity index (χ0) is 22.5. The first kappa shape index (κ1) is 21.5. The molecule has 0 bridgehead atoms. The van der Waals surface area contributed by atoms with Gasteiger partial charge < -0.3 is 9.47 Å². The van der Waals surface area contributed by atoms with Crippen molar-refractivity contribution in [2.45, 2.75) is 0 Å². The number of benzene rings is 3. The molecule has 0 spiro atoms. The molecule has 1 heterocycles. The van der Waals surface area contributed by atoms with Crippen LogP contribution in [-0.4, -0.2) is 25.2 Å². The molecule has 0 saturated carbocycles. The molecule has 0 radical (unpaired) electrons. The molecular formula is C24H17ClN2O4S. The van der Waals surface area contributed by atoms with E-state index in [1.54, 1.807) is 55.6 Å². The molecule has 4 rings (SSSR count). The number of nitrogens with zero attached hydrogens (tertiary/aromatic N) is 1. The van der Waals surface area contributed by atoms with Crippen molar-refractivity contribution < 1.29 is 19.1 Å². The number of hydrazone groups is 1. The molecule has 0 saturated heterocycles. The third-order valence-electron chi connectivity index (χ3n) is 4.56. The number of ether oxygens (including phenoxy) is 2. The number of fused-ring (bicyclic) bond motifs is 1. The van der Waals surface area contributed by atoms with Crippen molar-refractivity contribution in [2.75, 3.05) is 7.11 Å². The van der Waals surface area contributed by atoms with Gasteiger partial charge >= 0.3 is 5.97 Å². The van der Waals surface area contributed by atoms with Crippen molar-refractivity contribution in [1.29, 1.82) is 0 Å². The number of hydrogen-bond acceptors (Lipinski definition) is 6. The van der Waals surface area contributed by atoms with Crippen LogP contribution in [0.25, 0.3) is 10.1 Å². The molecule has 1 aromatic heterocycles. The smallest absolute Gasteiger partial charge is 0.355 e. The van der Waals surface area contributed by atoms with Crippen LogP contribution >= 0.6 is 22.9 Å². The molecular weight excluding hydrogens is 448 g/mol. The number of carbonyl (C=O) groups is 2. The zero-order valence-corrected chi connectivity index (χ0v) is 18.4. The van der Waals surface area contributed by atoms with E-state index in [-0.39, 0.29) is 5.91 Å². The number of nitrogens with one attached hydrogen (secondary N) is 1. The third-order valence-corrected chi connectivity index (χ3v) is 6.22. The highest BCUT2D eigenvalue weighted by Gasteiger charge is 2.19. The highest BCUT2D eigenvalue weighted by molar-refractivity contribution is 7.21. The van der Waals surface area contributed by atoms with Gasteiger partial charge in [0.1, 0.15) is 16.4 Å². The summed E-state index contributed by atoms with van der Waals surface area (Å²) in [5.41, 5.74) is 3.41. The summed E-state index contributed by atoms with van der Waals surface area (Å²) < 4.78 is 11.6. The summed E-state index contributed by atoms with van der Waals surface area (Å²) in [6.45, 7) is 0. The van der Waals surface area contributed by atoms with Gasteiger partial charge in [0.05, 0.1) is 18.3 Å². The first-order valence-corrected chi connectivity index (χ1v) is 10.7. The lowest BCUT2D eigenvalue weighted by Gasteiger charge is -2.06. The average Bonchev–Trinajstić information content (AvgIpc) is 3.17. The molecule has 32 heavy (non-hydrogen) atoms. The van der Waals surface area contributed by atoms with E-state index in [0.717, 1.165) is 10.1 Å². The first-order chi connectivity index (χ1) is 15.6. The van der Waals surface area contributed by atoms with Gasteiger partial charge in [-0.05, 0) is 42.5 Å². The van der Waals surface area contributed by atoms with Crippen LogP contribution in [-0.2, 0) is 0 Å². The first-order valence-electron chi connectivity index (χ1n) is 9.52. The number of rotatable bonds is 6. The Kier molecular flexibility index (Phi) is 6.49. The van der Waals surface area contributed by atoms with Gasteiger partial charge in [-0.3, -0.25) is 4.79 Å². The maximum atomic E-state index is 12.8. The SMILES string of the molecule is COc1ccc(C(=O)N/N=C\c2ccccc2OC(=O)c2sc3ccccc3c2Cl)cc1. The Labute approximate surface area is 193 Å². The van der Waals surface area contributed by atoms with Crippen molar-refractivity contribution in [3.63, 3.8) is 0 Å². The Morgan fingerprint density at radius 2 is 1.72 bits per heavy atom. The molecule has 0 fully saturated rings. The van der Waals surface area contributed by atoms with Crippen LogP contribution in [0, 0.1) is 0 Å². The van der Waals surface area contributed by atoms with E-state index >= 15 is 0 Å². The number of amides is 1. The molecule has 0 aliphatic heterocycles. The fraction of sp³-hybridized carbons (Fsp3) is 0.0417. The van der Waals surface area contributed by atoms with Crippen LogP contribution in [0.2, 0.25) is 5.02 Å². The van der Waals surface area contributed by atoms with E-state index in [0.29, 0.717) is 32.5 Å². The molecule has 4 aromatic rings. The van der Waals surface area contributed by atoms with Gasteiger partial charge in [-0.25, -0.2) is 10.2 Å². The molecule has 6 nitrogen and oxygen atoms in total. The molecule has 0 aliphatic carbocycles. The van der Waals surface area contributed by atoms with Crippen LogP contribution in [0.5, 0.6) is 11.5 Å². The average molecular weight is 465 g/mol. The van der Waals surface area contributed by atoms with Gasteiger partial charge in [0.2, 0.25) is 0 Å². The standard InChI is InChI=1S/C24H17ClN2O4S/c1-30-17-12-10-15(11-13-17)23(28)27-26-14-16-6-2-4-8-19(16)31-24(29)22-21(25)18-7-3-5-9-20(18)32-22/h2-14H,1H3,(H,27,28)/b26-14-. The molecule has 0 unspecified atom stereocenters. The van der Waals surface area contributed by atoms with Crippen molar-refractivity contribution in [1.82, 2.24) is 5.43 Å². The number of para-hydroxylation sites is 1. The normalized spacial score (nSPS) is 10.9. The number of esters is 1. The highest BCUT2D eigenvalue weighted by atomic mass is 35.5. The lowest BCUT2D eigenvalue weighted by Crippen LogP contribution is -2.17. The van der Waals surface area contributed by atoms with Crippen molar-refractivity contribution in [3.8, 4) is 11.5 Å². The Morgan fingerprint density at radius 3 is 2.47 bits per heavy atom. The van der Waals surface area contributed by atoms with Gasteiger partial charge in [0.25, 0.3) is 5.91 Å². The quantitative estimate of drug-likeness (QED) is 0.176. The molecule has 8 heteroatoms. The summed E-state index contributed by atoms with van der Waals surface area (Å²) in [5.74, 6) is 0.0164. The lowest BCUT2D eigenvalue weighted by atomic mass is 10.2. The Morgan fingerprint density at radius 1 is 1.00 bits per heavy atom. The predicted octanol–water partition coefficient (Wildman–Crippen LogP) is 5.55. The second-order valence-electron chi connectivity index (χ2n) is 6.60. The zero-order valence-electron chi connectivity index (χ0n) is 16.9. The minimum absolute atomic E-state index is 0.300. The van der Waals surface area contributed by atoms with Crippen molar-refractivity contribution >= 4 is 51.1 Å². The van der Waals surface area contributed by atoms with Gasteiger partial charge in [-0.2, -0.15) is 5.10 Å². The number of hydrogen-bond donors (Lipinski definition) is 1. The van der Waals surface area contributed by atoms with Crippen LogP contribution in [0.3, 0.4) is 0 Å². The maximum Gasteiger partial charge on any atom is 0.355 e. The van der Waals surface area contributed by atoms with E-state index in [2.05, 4.69) is 10.5 Å². The molecule has 1 N–H and O–H groups in total. The third kappa shape index (κ3) is 4.64. The van der Waals surface area contributed by atoms with E-state index < -0.39 is 5.97 Å². The summed E-state index contributed by atoms with van der Waals surface area (Å²) in [5, 5.41) is 5.16. The van der Waals surface area contributed by atoms with E-state index in [4.69, 9.17) is 21.1 Å². The largest absolute Gasteiger partial charge is 0.497 e. The number of methoxy groups -OCH3 is 1. The molecule has 160 valence electrons. The fourth-order valence-corrected chi connectivity index (χ4v) is 4.32. The minimum atomic E-state index is -0.556. The highest BCUT2D eigenvalue weighted by Crippen LogP contribution is 2.36. The monoisotopic (exact) mass is 464 g/mol. The topological polar surface area (TPSA) is 77.0 Å². The maximum absolute atomic E-state index is 12.8. The predicted molar refractivity (Wildman–Crippen MR) is 126 cm³/mol. The van der Waals surface area contributed by atoms with Gasteiger partial charge in [-0.15, -0.1) is 11.3 Å². The second kappa shape index (κ2) is 9.64. The molecule has 0 atom stereocenters. The van der Waals surface area contributed by atoms with Crippen LogP contribution in [0.1, 0.15) is 25.6 Å². The van der Waals surface area contributed by atoms with E-state index in [1.165, 1.54) is 17.6 Å². The number of thiophene rings is 1. The summed E-state index contributed by atoms with van der Waals surface area (Å²) in [4.78, 5) is 25.3. The lowest BCUT2D eigenvalue weighted by molar-refractivity contribution is 0.0739.